The second kappa shape index (κ2) is 7.80. The van der Waals surface area contributed by atoms with E-state index in [9.17, 15) is 23.7 Å². The summed E-state index contributed by atoms with van der Waals surface area (Å²) in [6, 6.07) is -0.612. The average molecular weight is 352 g/mol. The van der Waals surface area contributed by atoms with Crippen molar-refractivity contribution in [3.63, 3.8) is 0 Å². The van der Waals surface area contributed by atoms with E-state index in [0.717, 1.165) is 12.2 Å². The van der Waals surface area contributed by atoms with Crippen molar-refractivity contribution < 1.29 is 38.2 Å². The highest BCUT2D eigenvalue weighted by Crippen LogP contribution is 2.42. The number of carbonyl (C=O) groups excluding carboxylic acids is 2. The van der Waals surface area contributed by atoms with Gasteiger partial charge in [-0.25, -0.2) is 4.39 Å². The fourth-order valence-electron chi connectivity index (χ4n) is 2.00. The number of imide groups is 1. The number of aliphatic hydroxyl groups excluding tert-OH is 1. The minimum absolute atomic E-state index is 0.106. The molecule has 0 bridgehead atoms. The molecule has 130 valence electrons. The standard InChI is InChI=1S/C12H18FN2O7P/c1-15(3-2-11(18)14-7-17)9-4-10(13)12(5-9,6-16)22-8-23(19,20)21/h2-4,7,9,16H,5-6,8H2,1H3,(H,14,17,18)(H2,19,20,21)/b3-2-/t9?,12-/m1/s1. The van der Waals surface area contributed by atoms with Crippen LogP contribution in [-0.4, -0.2) is 63.8 Å². The lowest BCUT2D eigenvalue weighted by Gasteiger charge is -2.30. The highest BCUT2D eigenvalue weighted by molar-refractivity contribution is 7.51. The molecular weight excluding hydrogens is 334 g/mol. The van der Waals surface area contributed by atoms with Gasteiger partial charge in [-0.2, -0.15) is 0 Å². The summed E-state index contributed by atoms with van der Waals surface area (Å²) in [5.41, 5.74) is -1.83. The van der Waals surface area contributed by atoms with Gasteiger partial charge in [0.05, 0.1) is 12.6 Å². The molecule has 1 aliphatic carbocycles. The topological polar surface area (TPSA) is 136 Å². The molecule has 0 aromatic carbocycles. The SMILES string of the molecule is CN(/C=C\C(=O)NC=O)C1C=C(F)[C@@](CO)(OCP(=O)(O)O)C1. The molecule has 0 spiro atoms. The Kier molecular flexibility index (Phi) is 6.60. The van der Waals surface area contributed by atoms with Crippen LogP contribution in [0.15, 0.2) is 24.2 Å². The molecule has 11 heteroatoms. The molecule has 2 atom stereocenters. The summed E-state index contributed by atoms with van der Waals surface area (Å²) in [5, 5.41) is 11.3. The summed E-state index contributed by atoms with van der Waals surface area (Å²) in [6.07, 6.45) is 2.56. The molecule has 1 unspecified atom stereocenters. The van der Waals surface area contributed by atoms with E-state index in [1.165, 1.54) is 18.1 Å². The number of nitrogens with zero attached hydrogens (tertiary/aromatic N) is 1. The van der Waals surface area contributed by atoms with Gasteiger partial charge in [0.25, 0.3) is 5.91 Å². The number of ether oxygens (including phenoxy) is 1. The van der Waals surface area contributed by atoms with Crippen molar-refractivity contribution >= 4 is 19.9 Å². The predicted molar refractivity (Wildman–Crippen MR) is 76.5 cm³/mol. The highest BCUT2D eigenvalue weighted by Gasteiger charge is 2.45. The Labute approximate surface area is 131 Å². The fraction of sp³-hybridized carbons (Fsp3) is 0.500. The van der Waals surface area contributed by atoms with Crippen molar-refractivity contribution in [1.29, 1.82) is 0 Å². The Balaban J connectivity index is 2.77. The number of rotatable bonds is 8. The molecule has 0 aromatic rings. The van der Waals surface area contributed by atoms with Crippen LogP contribution in [0.3, 0.4) is 0 Å². The molecule has 0 aliphatic heterocycles. The molecule has 0 aromatic heterocycles. The van der Waals surface area contributed by atoms with Crippen LogP contribution in [0.4, 0.5) is 4.39 Å². The Hall–Kier alpha value is -1.58. The van der Waals surface area contributed by atoms with Crippen molar-refractivity contribution in [2.45, 2.75) is 18.1 Å². The van der Waals surface area contributed by atoms with Gasteiger partial charge in [0, 0.05) is 25.7 Å². The summed E-state index contributed by atoms with van der Waals surface area (Å²) >= 11 is 0. The van der Waals surface area contributed by atoms with E-state index < -0.39 is 43.9 Å². The van der Waals surface area contributed by atoms with Crippen molar-refractivity contribution in [1.82, 2.24) is 10.2 Å². The first-order valence-electron chi connectivity index (χ1n) is 6.45. The van der Waals surface area contributed by atoms with Crippen LogP contribution >= 0.6 is 7.60 Å². The third kappa shape index (κ3) is 5.52. The van der Waals surface area contributed by atoms with Crippen molar-refractivity contribution in [3.05, 3.63) is 24.2 Å². The van der Waals surface area contributed by atoms with Crippen LogP contribution in [0.5, 0.6) is 0 Å². The lowest BCUT2D eigenvalue weighted by molar-refractivity contribution is -0.121. The number of halogens is 1. The van der Waals surface area contributed by atoms with E-state index >= 15 is 0 Å². The average Bonchev–Trinajstić information content (AvgIpc) is 2.80. The summed E-state index contributed by atoms with van der Waals surface area (Å²) in [4.78, 5) is 40.3. The van der Waals surface area contributed by atoms with Crippen LogP contribution in [0, 0.1) is 0 Å². The molecule has 4 N–H and O–H groups in total. The molecule has 9 nitrogen and oxygen atoms in total. The summed E-state index contributed by atoms with van der Waals surface area (Å²) in [5.74, 6) is -1.52. The predicted octanol–water partition coefficient (Wildman–Crippen LogP) is -0.787. The third-order valence-corrected chi connectivity index (χ3v) is 3.73. The molecule has 0 fully saturated rings. The number of likely N-dealkylation sites (N-methyl/N-ethyl adjacent to an activating group) is 1. The number of hydrogen-bond acceptors (Lipinski definition) is 6. The van der Waals surface area contributed by atoms with E-state index in [1.54, 1.807) is 0 Å². The monoisotopic (exact) mass is 352 g/mol. The van der Waals surface area contributed by atoms with E-state index in [1.807, 2.05) is 5.32 Å². The van der Waals surface area contributed by atoms with Gasteiger partial charge in [-0.15, -0.1) is 0 Å². The highest BCUT2D eigenvalue weighted by atomic mass is 31.2. The summed E-state index contributed by atoms with van der Waals surface area (Å²) in [7, 11) is -2.99. The van der Waals surface area contributed by atoms with Crippen molar-refractivity contribution in [3.8, 4) is 0 Å². The number of carbonyl (C=O) groups is 2. The molecular formula is C12H18FN2O7P. The second-order valence-electron chi connectivity index (χ2n) is 4.98. The largest absolute Gasteiger partial charge is 0.393 e. The molecule has 1 aliphatic rings. The van der Waals surface area contributed by atoms with Gasteiger partial charge in [-0.3, -0.25) is 19.5 Å². The maximum Gasteiger partial charge on any atom is 0.351 e. The smallest absolute Gasteiger partial charge is 0.351 e. The first-order chi connectivity index (χ1) is 10.6. The van der Waals surface area contributed by atoms with Crippen LogP contribution in [0.2, 0.25) is 0 Å². The third-order valence-electron chi connectivity index (χ3n) is 3.26. The molecule has 0 saturated heterocycles. The van der Waals surface area contributed by atoms with Crippen LogP contribution in [0.25, 0.3) is 0 Å². The molecule has 2 amide bonds. The van der Waals surface area contributed by atoms with E-state index in [4.69, 9.17) is 14.5 Å². The minimum Gasteiger partial charge on any atom is -0.393 e. The number of nitrogens with one attached hydrogen (secondary N) is 1. The first-order valence-corrected chi connectivity index (χ1v) is 8.25. The van der Waals surface area contributed by atoms with Gasteiger partial charge < -0.3 is 24.5 Å². The lowest BCUT2D eigenvalue weighted by atomic mass is 10.0. The number of amides is 2. The zero-order chi connectivity index (χ0) is 17.7. The van der Waals surface area contributed by atoms with Gasteiger partial charge in [-0.1, -0.05) is 0 Å². The Morgan fingerprint density at radius 3 is 2.83 bits per heavy atom. The zero-order valence-electron chi connectivity index (χ0n) is 12.3. The number of aliphatic hydroxyl groups is 1. The second-order valence-corrected chi connectivity index (χ2v) is 6.57. The Morgan fingerprint density at radius 2 is 2.30 bits per heavy atom. The summed E-state index contributed by atoms with van der Waals surface area (Å²) < 4.78 is 29.9. The van der Waals surface area contributed by atoms with Crippen molar-refractivity contribution in [2.75, 3.05) is 20.0 Å². The fourth-order valence-corrected chi connectivity index (χ4v) is 2.42. The van der Waals surface area contributed by atoms with E-state index in [0.29, 0.717) is 0 Å². The van der Waals surface area contributed by atoms with Gasteiger partial charge in [-0.05, 0) is 6.08 Å². The molecule has 0 heterocycles. The van der Waals surface area contributed by atoms with Gasteiger partial charge in [0.1, 0.15) is 17.8 Å². The lowest BCUT2D eigenvalue weighted by Crippen LogP contribution is -2.39. The quantitative estimate of drug-likeness (QED) is 0.254. The molecule has 1 rings (SSSR count). The van der Waals surface area contributed by atoms with Crippen LogP contribution in [-0.2, 0) is 18.9 Å². The van der Waals surface area contributed by atoms with Crippen LogP contribution in [0.1, 0.15) is 6.42 Å². The first kappa shape index (κ1) is 19.5. The number of hydrogen-bond donors (Lipinski definition) is 4. The van der Waals surface area contributed by atoms with Crippen LogP contribution < -0.4 is 5.32 Å². The zero-order valence-corrected chi connectivity index (χ0v) is 13.1. The molecule has 0 radical (unpaired) electrons. The van der Waals surface area contributed by atoms with Gasteiger partial charge in [0.15, 0.2) is 0 Å². The molecule has 0 saturated carbocycles. The van der Waals surface area contributed by atoms with Gasteiger partial charge in [0.2, 0.25) is 6.41 Å². The Bertz CT molecular complexity index is 562. The van der Waals surface area contributed by atoms with E-state index in [2.05, 4.69) is 0 Å². The van der Waals surface area contributed by atoms with Gasteiger partial charge >= 0.3 is 7.60 Å². The minimum atomic E-state index is -4.52. The normalized spacial score (nSPS) is 24.6. The maximum atomic E-state index is 14.1. The summed E-state index contributed by atoms with van der Waals surface area (Å²) in [6.45, 7) is -0.797. The van der Waals surface area contributed by atoms with Crippen molar-refractivity contribution in [2.24, 2.45) is 0 Å². The van der Waals surface area contributed by atoms with E-state index in [-0.39, 0.29) is 12.8 Å². The molecule has 23 heavy (non-hydrogen) atoms. The Morgan fingerprint density at radius 1 is 1.65 bits per heavy atom. The maximum absolute atomic E-state index is 14.1.